The van der Waals surface area contributed by atoms with Gasteiger partial charge in [-0.15, -0.1) is 0 Å². The molecule has 1 aromatic carbocycles. The molecule has 0 radical (unpaired) electrons. The molecular weight excluding hydrogens is 323 g/mol. The molecule has 0 saturated carbocycles. The topological polar surface area (TPSA) is 61.5 Å². The number of hydrogen-bond donors (Lipinski definition) is 1. The quantitative estimate of drug-likeness (QED) is 0.923. The summed E-state index contributed by atoms with van der Waals surface area (Å²) in [6.45, 7) is 2.92. The molecule has 3 saturated heterocycles. The van der Waals surface area contributed by atoms with Crippen LogP contribution in [0.4, 0.5) is 4.39 Å². The van der Waals surface area contributed by atoms with Crippen molar-refractivity contribution in [3.8, 4) is 11.3 Å². The van der Waals surface area contributed by atoms with Crippen LogP contribution in [0, 0.1) is 5.82 Å². The van der Waals surface area contributed by atoms with Crippen molar-refractivity contribution >= 4 is 5.91 Å². The van der Waals surface area contributed by atoms with E-state index >= 15 is 0 Å². The van der Waals surface area contributed by atoms with Gasteiger partial charge < -0.3 is 9.64 Å². The number of benzene rings is 1. The fraction of sp³-hybridized carbons (Fsp3) is 0.444. The number of aromatic nitrogens is 2. The Morgan fingerprint density at radius 2 is 2.16 bits per heavy atom. The van der Waals surface area contributed by atoms with Crippen LogP contribution in [0.25, 0.3) is 11.3 Å². The van der Waals surface area contributed by atoms with Crippen LogP contribution in [0.2, 0.25) is 0 Å². The summed E-state index contributed by atoms with van der Waals surface area (Å²) in [5.74, 6) is -0.0626. The zero-order valence-electron chi connectivity index (χ0n) is 13.7. The van der Waals surface area contributed by atoms with Gasteiger partial charge in [0.05, 0.1) is 24.5 Å². The van der Waals surface area contributed by atoms with Crippen molar-refractivity contribution in [3.63, 3.8) is 0 Å². The molecule has 1 amide bonds. The van der Waals surface area contributed by atoms with E-state index in [-0.39, 0.29) is 17.8 Å². The minimum atomic E-state index is -0.420. The molecule has 130 valence electrons. The van der Waals surface area contributed by atoms with E-state index in [0.717, 1.165) is 29.8 Å². The van der Waals surface area contributed by atoms with Gasteiger partial charge in [-0.1, -0.05) is 0 Å². The van der Waals surface area contributed by atoms with E-state index in [4.69, 9.17) is 4.74 Å². The second-order valence-corrected chi connectivity index (χ2v) is 6.96. The van der Waals surface area contributed by atoms with E-state index in [1.807, 2.05) is 11.1 Å². The summed E-state index contributed by atoms with van der Waals surface area (Å²) in [5.41, 5.74) is 2.43. The van der Waals surface area contributed by atoms with E-state index < -0.39 is 5.72 Å². The molecule has 0 unspecified atom stereocenters. The molecule has 3 aliphatic rings. The van der Waals surface area contributed by atoms with Crippen molar-refractivity contribution in [1.29, 1.82) is 0 Å². The maximum Gasteiger partial charge on any atom is 0.226 e. The molecule has 4 heterocycles. The van der Waals surface area contributed by atoms with Crippen LogP contribution in [0.1, 0.15) is 18.4 Å². The third-order valence-corrected chi connectivity index (χ3v) is 5.74. The number of nitrogens with zero attached hydrogens (tertiary/aromatic N) is 3. The Balaban J connectivity index is 1.41. The molecule has 1 aromatic heterocycles. The lowest BCUT2D eigenvalue weighted by molar-refractivity contribution is -0.136. The van der Waals surface area contributed by atoms with Crippen LogP contribution >= 0.6 is 0 Å². The summed E-state index contributed by atoms with van der Waals surface area (Å²) in [5, 5.41) is 7.20. The second kappa shape index (κ2) is 5.37. The minimum absolute atomic E-state index is 0.0958. The van der Waals surface area contributed by atoms with Crippen LogP contribution in [-0.2, 0) is 16.1 Å². The van der Waals surface area contributed by atoms with Crippen LogP contribution in [0.15, 0.2) is 30.5 Å². The van der Waals surface area contributed by atoms with Crippen molar-refractivity contribution in [2.75, 3.05) is 19.7 Å². The highest BCUT2D eigenvalue weighted by Crippen LogP contribution is 2.46. The first kappa shape index (κ1) is 15.0. The van der Waals surface area contributed by atoms with Gasteiger partial charge in [0, 0.05) is 43.6 Å². The van der Waals surface area contributed by atoms with Gasteiger partial charge in [0.2, 0.25) is 5.91 Å². The van der Waals surface area contributed by atoms with Crippen molar-refractivity contribution in [2.24, 2.45) is 0 Å². The predicted octanol–water partition coefficient (Wildman–Crippen LogP) is 1.75. The lowest BCUT2D eigenvalue weighted by atomic mass is 10.0. The molecule has 0 bridgehead atoms. The van der Waals surface area contributed by atoms with E-state index in [2.05, 4.69) is 15.1 Å². The normalized spacial score (nSPS) is 28.6. The molecule has 1 spiro atoms. The molecule has 5 rings (SSSR count). The average Bonchev–Trinajstić information content (AvgIpc) is 3.34. The Kier molecular flexibility index (Phi) is 3.23. The molecule has 2 aromatic rings. The zero-order valence-corrected chi connectivity index (χ0v) is 13.7. The average molecular weight is 342 g/mol. The number of hydrogen-bond acceptors (Lipinski definition) is 4. The SMILES string of the molecule is O=C1C[C@H]2N(Cc3cn[nH]c3-c3ccc(F)cc3)CC[C@]23OCCN13. The van der Waals surface area contributed by atoms with Crippen molar-refractivity contribution in [2.45, 2.75) is 31.2 Å². The van der Waals surface area contributed by atoms with E-state index in [1.54, 1.807) is 12.1 Å². The number of H-pyrrole nitrogens is 1. The van der Waals surface area contributed by atoms with Crippen molar-refractivity contribution < 1.29 is 13.9 Å². The maximum absolute atomic E-state index is 13.2. The number of rotatable bonds is 3. The maximum atomic E-state index is 13.2. The highest BCUT2D eigenvalue weighted by atomic mass is 19.1. The number of ether oxygens (including phenoxy) is 1. The number of nitrogens with one attached hydrogen (secondary N) is 1. The first-order valence-electron chi connectivity index (χ1n) is 8.64. The highest BCUT2D eigenvalue weighted by Gasteiger charge is 2.61. The number of aromatic amines is 1. The zero-order chi connectivity index (χ0) is 17.0. The molecule has 3 fully saturated rings. The van der Waals surface area contributed by atoms with Gasteiger partial charge in [-0.2, -0.15) is 5.10 Å². The largest absolute Gasteiger partial charge is 0.352 e. The number of likely N-dealkylation sites (tertiary alicyclic amines) is 1. The Hall–Kier alpha value is -2.25. The van der Waals surface area contributed by atoms with Gasteiger partial charge in [0.1, 0.15) is 5.82 Å². The molecule has 0 aliphatic carbocycles. The smallest absolute Gasteiger partial charge is 0.226 e. The molecule has 1 N–H and O–H groups in total. The lowest BCUT2D eigenvalue weighted by Crippen LogP contribution is -2.47. The number of halogens is 1. The van der Waals surface area contributed by atoms with Gasteiger partial charge in [0.25, 0.3) is 0 Å². The third-order valence-electron chi connectivity index (χ3n) is 5.74. The van der Waals surface area contributed by atoms with Gasteiger partial charge >= 0.3 is 0 Å². The van der Waals surface area contributed by atoms with Crippen LogP contribution in [-0.4, -0.2) is 57.4 Å². The standard InChI is InChI=1S/C18H19FN4O2/c19-14-3-1-12(2-4-14)17-13(10-20-21-17)11-22-6-5-18-15(22)9-16(24)23(18)7-8-25-18/h1-4,10,15H,5-9,11H2,(H,20,21)/t15-,18+/m1/s1. The van der Waals surface area contributed by atoms with Gasteiger partial charge in [-0.05, 0) is 24.3 Å². The highest BCUT2D eigenvalue weighted by molar-refractivity contribution is 5.81. The summed E-state index contributed by atoms with van der Waals surface area (Å²) in [4.78, 5) is 16.5. The molecule has 7 heteroatoms. The van der Waals surface area contributed by atoms with Crippen molar-refractivity contribution in [3.05, 3.63) is 41.8 Å². The second-order valence-electron chi connectivity index (χ2n) is 6.96. The number of amides is 1. The fourth-order valence-electron chi connectivity index (χ4n) is 4.58. The van der Waals surface area contributed by atoms with E-state index in [9.17, 15) is 9.18 Å². The first-order chi connectivity index (χ1) is 12.2. The molecule has 3 aliphatic heterocycles. The summed E-state index contributed by atoms with van der Waals surface area (Å²) < 4.78 is 19.2. The fourth-order valence-corrected chi connectivity index (χ4v) is 4.58. The monoisotopic (exact) mass is 342 g/mol. The van der Waals surface area contributed by atoms with Gasteiger partial charge in [-0.25, -0.2) is 4.39 Å². The number of carbonyl (C=O) groups is 1. The molecule has 2 atom stereocenters. The summed E-state index contributed by atoms with van der Waals surface area (Å²) >= 11 is 0. The number of carbonyl (C=O) groups excluding carboxylic acids is 1. The van der Waals surface area contributed by atoms with Crippen LogP contribution in [0.5, 0.6) is 0 Å². The predicted molar refractivity (Wildman–Crippen MR) is 87.8 cm³/mol. The van der Waals surface area contributed by atoms with Crippen LogP contribution < -0.4 is 0 Å². The molecule has 6 nitrogen and oxygen atoms in total. The Morgan fingerprint density at radius 3 is 3.00 bits per heavy atom. The molecule has 25 heavy (non-hydrogen) atoms. The van der Waals surface area contributed by atoms with E-state index in [0.29, 0.717) is 26.1 Å². The first-order valence-corrected chi connectivity index (χ1v) is 8.64. The lowest BCUT2D eigenvalue weighted by Gasteiger charge is -2.31. The Labute approximate surface area is 144 Å². The Bertz CT molecular complexity index is 821. The third kappa shape index (κ3) is 2.15. The van der Waals surface area contributed by atoms with Crippen molar-refractivity contribution in [1.82, 2.24) is 20.0 Å². The molecular formula is C18H19FN4O2. The van der Waals surface area contributed by atoms with E-state index in [1.165, 1.54) is 12.1 Å². The summed E-state index contributed by atoms with van der Waals surface area (Å²) in [6, 6.07) is 6.49. The van der Waals surface area contributed by atoms with Crippen LogP contribution in [0.3, 0.4) is 0 Å². The van der Waals surface area contributed by atoms with Gasteiger partial charge in [-0.3, -0.25) is 14.8 Å². The minimum Gasteiger partial charge on any atom is -0.352 e. The summed E-state index contributed by atoms with van der Waals surface area (Å²) in [6.07, 6.45) is 3.19. The Morgan fingerprint density at radius 1 is 1.32 bits per heavy atom. The summed E-state index contributed by atoms with van der Waals surface area (Å²) in [7, 11) is 0. The van der Waals surface area contributed by atoms with Gasteiger partial charge in [0.15, 0.2) is 5.72 Å².